The average molecular weight is 421 g/mol. The molecule has 0 saturated heterocycles. The van der Waals surface area contributed by atoms with Gasteiger partial charge < -0.3 is 4.74 Å². The van der Waals surface area contributed by atoms with Crippen molar-refractivity contribution < 1.29 is 9.53 Å². The van der Waals surface area contributed by atoms with E-state index in [0.717, 1.165) is 24.7 Å². The summed E-state index contributed by atoms with van der Waals surface area (Å²) < 4.78 is 5.53. The average Bonchev–Trinajstić information content (AvgIpc) is 2.80. The Balaban J connectivity index is 1.40. The van der Waals surface area contributed by atoms with Crippen molar-refractivity contribution in [2.24, 2.45) is 5.92 Å². The van der Waals surface area contributed by atoms with Crippen LogP contribution in [0.4, 0.5) is 0 Å². The van der Waals surface area contributed by atoms with Gasteiger partial charge in [0.25, 0.3) is 0 Å². The fourth-order valence-electron chi connectivity index (χ4n) is 4.88. The quantitative estimate of drug-likeness (QED) is 0.209. The molecule has 0 radical (unpaired) electrons. The van der Waals surface area contributed by atoms with E-state index in [9.17, 15) is 4.79 Å². The van der Waals surface area contributed by atoms with Crippen LogP contribution in [-0.2, 0) is 17.6 Å². The number of carbonyl (C=O) groups is 1. The summed E-state index contributed by atoms with van der Waals surface area (Å²) in [6.45, 7) is 4.52. The number of benzene rings is 2. The number of carbonyl (C=O) groups excluding carboxylic acids is 1. The summed E-state index contributed by atoms with van der Waals surface area (Å²) in [5.41, 5.74) is 4.00. The second-order valence-corrected chi connectivity index (χ2v) is 9.32. The Kier molecular flexibility index (Phi) is 9.65. The van der Waals surface area contributed by atoms with E-state index in [2.05, 4.69) is 50.2 Å². The van der Waals surface area contributed by atoms with Crippen LogP contribution in [0.15, 0.2) is 48.5 Å². The normalized spacial score (nSPS) is 18.6. The molecule has 3 rings (SSSR count). The predicted octanol–water partition coefficient (Wildman–Crippen LogP) is 8.03. The van der Waals surface area contributed by atoms with Gasteiger partial charge in [-0.05, 0) is 85.6 Å². The molecule has 2 heteroatoms. The van der Waals surface area contributed by atoms with Gasteiger partial charge in [0.2, 0.25) is 0 Å². The van der Waals surface area contributed by atoms with Gasteiger partial charge in [-0.15, -0.1) is 0 Å². The van der Waals surface area contributed by atoms with E-state index >= 15 is 0 Å². The lowest BCUT2D eigenvalue weighted by Gasteiger charge is -2.28. The number of unbranched alkanes of at least 4 members (excludes halogenated alkanes) is 2. The minimum absolute atomic E-state index is 0.156. The minimum atomic E-state index is -0.156. The summed E-state index contributed by atoms with van der Waals surface area (Å²) in [6.07, 6.45) is 14.1. The number of esters is 1. The molecule has 0 heterocycles. The number of aryl methyl sites for hydroxylation is 2. The summed E-state index contributed by atoms with van der Waals surface area (Å²) in [5.74, 6) is 2.16. The van der Waals surface area contributed by atoms with Crippen LogP contribution in [0.3, 0.4) is 0 Å². The van der Waals surface area contributed by atoms with Gasteiger partial charge >= 0.3 is 5.97 Å². The Labute approximate surface area is 189 Å². The van der Waals surface area contributed by atoms with Crippen LogP contribution in [-0.4, -0.2) is 5.97 Å². The van der Waals surface area contributed by atoms with Crippen molar-refractivity contribution in [2.75, 3.05) is 0 Å². The first-order valence-electron chi connectivity index (χ1n) is 12.6. The van der Waals surface area contributed by atoms with Crippen molar-refractivity contribution in [3.05, 3.63) is 65.2 Å². The van der Waals surface area contributed by atoms with Crippen molar-refractivity contribution in [2.45, 2.75) is 96.8 Å². The summed E-state index contributed by atoms with van der Waals surface area (Å²) in [7, 11) is 0. The smallest absolute Gasteiger partial charge is 0.311 e. The van der Waals surface area contributed by atoms with E-state index in [4.69, 9.17) is 4.74 Å². The van der Waals surface area contributed by atoms with Gasteiger partial charge in [-0.2, -0.15) is 0 Å². The van der Waals surface area contributed by atoms with Crippen LogP contribution >= 0.6 is 0 Å². The van der Waals surface area contributed by atoms with E-state index < -0.39 is 0 Å². The maximum Gasteiger partial charge on any atom is 0.311 e. The SMILES string of the molecule is CCCCCc1ccc(OC(=O)CCc2ccc([C@H]3CC[C@H](CCC)CC3)cc2)cc1. The van der Waals surface area contributed by atoms with Gasteiger partial charge in [-0.25, -0.2) is 0 Å². The van der Waals surface area contributed by atoms with Crippen molar-refractivity contribution in [1.82, 2.24) is 0 Å². The first-order chi connectivity index (χ1) is 15.2. The second-order valence-electron chi connectivity index (χ2n) is 9.32. The zero-order valence-corrected chi connectivity index (χ0v) is 19.6. The first kappa shape index (κ1) is 23.6. The molecule has 1 saturated carbocycles. The standard InChI is InChI=1S/C29H40O2/c1-3-5-6-8-24-13-20-28(21-14-24)31-29(30)22-15-25-11-18-27(19-12-25)26-16-9-23(7-4-2)10-17-26/h11-14,18-21,23,26H,3-10,15-17,22H2,1-2H3/t23-,26-. The molecule has 0 spiro atoms. The predicted molar refractivity (Wildman–Crippen MR) is 130 cm³/mol. The van der Waals surface area contributed by atoms with Crippen molar-refractivity contribution in [3.8, 4) is 5.75 Å². The summed E-state index contributed by atoms with van der Waals surface area (Å²) in [5, 5.41) is 0. The molecule has 0 aromatic heterocycles. The molecule has 0 atom stereocenters. The zero-order valence-electron chi connectivity index (χ0n) is 19.6. The van der Waals surface area contributed by atoms with Crippen LogP contribution < -0.4 is 4.74 Å². The zero-order chi connectivity index (χ0) is 21.9. The Morgan fingerprint density at radius 2 is 1.45 bits per heavy atom. The molecular weight excluding hydrogens is 380 g/mol. The number of hydrogen-bond donors (Lipinski definition) is 0. The Morgan fingerprint density at radius 1 is 0.806 bits per heavy atom. The van der Waals surface area contributed by atoms with Gasteiger partial charge in [-0.3, -0.25) is 4.79 Å². The third-order valence-electron chi connectivity index (χ3n) is 6.84. The number of ether oxygens (including phenoxy) is 1. The third-order valence-corrected chi connectivity index (χ3v) is 6.84. The fraction of sp³-hybridized carbons (Fsp3) is 0.552. The highest BCUT2D eigenvalue weighted by Gasteiger charge is 2.21. The lowest BCUT2D eigenvalue weighted by Crippen LogP contribution is -2.13. The molecule has 0 bridgehead atoms. The molecule has 31 heavy (non-hydrogen) atoms. The fourth-order valence-corrected chi connectivity index (χ4v) is 4.88. The van der Waals surface area contributed by atoms with Crippen LogP contribution in [0.2, 0.25) is 0 Å². The topological polar surface area (TPSA) is 26.3 Å². The monoisotopic (exact) mass is 420 g/mol. The molecule has 0 aliphatic heterocycles. The Bertz CT molecular complexity index is 767. The molecule has 2 nitrogen and oxygen atoms in total. The van der Waals surface area contributed by atoms with Gasteiger partial charge in [0.1, 0.15) is 5.75 Å². The maximum atomic E-state index is 12.3. The molecule has 0 unspecified atom stereocenters. The Morgan fingerprint density at radius 3 is 2.10 bits per heavy atom. The maximum absolute atomic E-state index is 12.3. The van der Waals surface area contributed by atoms with Gasteiger partial charge in [0.15, 0.2) is 0 Å². The molecule has 0 amide bonds. The molecule has 2 aromatic carbocycles. The van der Waals surface area contributed by atoms with Crippen LogP contribution in [0.5, 0.6) is 5.75 Å². The first-order valence-corrected chi connectivity index (χ1v) is 12.6. The van der Waals surface area contributed by atoms with Gasteiger partial charge in [0, 0.05) is 6.42 Å². The lowest BCUT2D eigenvalue weighted by molar-refractivity contribution is -0.134. The van der Waals surface area contributed by atoms with Crippen molar-refractivity contribution in [3.63, 3.8) is 0 Å². The largest absolute Gasteiger partial charge is 0.427 e. The highest BCUT2D eigenvalue weighted by molar-refractivity contribution is 5.72. The molecule has 1 fully saturated rings. The molecule has 168 valence electrons. The van der Waals surface area contributed by atoms with Crippen molar-refractivity contribution >= 4 is 5.97 Å². The highest BCUT2D eigenvalue weighted by Crippen LogP contribution is 2.37. The van der Waals surface area contributed by atoms with Gasteiger partial charge in [-0.1, -0.05) is 75.9 Å². The van der Waals surface area contributed by atoms with E-state index in [1.54, 1.807) is 0 Å². The molecular formula is C29H40O2. The summed E-state index contributed by atoms with van der Waals surface area (Å²) in [6, 6.07) is 17.0. The Hall–Kier alpha value is -2.09. The van der Waals surface area contributed by atoms with E-state index in [1.165, 1.54) is 74.5 Å². The van der Waals surface area contributed by atoms with Crippen LogP contribution in [0, 0.1) is 5.92 Å². The lowest BCUT2D eigenvalue weighted by atomic mass is 9.77. The molecule has 1 aliphatic rings. The third kappa shape index (κ3) is 7.83. The summed E-state index contributed by atoms with van der Waals surface area (Å²) in [4.78, 5) is 12.3. The van der Waals surface area contributed by atoms with Crippen molar-refractivity contribution in [1.29, 1.82) is 0 Å². The second kappa shape index (κ2) is 12.7. The molecule has 0 N–H and O–H groups in total. The van der Waals surface area contributed by atoms with Crippen LogP contribution in [0.25, 0.3) is 0 Å². The number of hydrogen-bond acceptors (Lipinski definition) is 2. The minimum Gasteiger partial charge on any atom is -0.427 e. The van der Waals surface area contributed by atoms with Gasteiger partial charge in [0.05, 0.1) is 0 Å². The highest BCUT2D eigenvalue weighted by atomic mass is 16.5. The van der Waals surface area contributed by atoms with E-state index in [0.29, 0.717) is 12.2 Å². The molecule has 1 aliphatic carbocycles. The van der Waals surface area contributed by atoms with E-state index in [-0.39, 0.29) is 5.97 Å². The summed E-state index contributed by atoms with van der Waals surface area (Å²) >= 11 is 0. The molecule has 2 aromatic rings. The van der Waals surface area contributed by atoms with Crippen LogP contribution in [0.1, 0.15) is 101 Å². The number of rotatable bonds is 11. The van der Waals surface area contributed by atoms with E-state index in [1.807, 2.05) is 12.1 Å².